The van der Waals surface area contributed by atoms with E-state index in [4.69, 9.17) is 5.11 Å². The van der Waals surface area contributed by atoms with Gasteiger partial charge in [-0.25, -0.2) is 5.01 Å². The highest BCUT2D eigenvalue weighted by Crippen LogP contribution is 2.22. The number of piperazine rings is 1. The van der Waals surface area contributed by atoms with E-state index in [0.29, 0.717) is 31.7 Å². The highest BCUT2D eigenvalue weighted by atomic mass is 32.2. The number of carboxylic acids is 1. The van der Waals surface area contributed by atoms with Crippen molar-refractivity contribution in [1.29, 1.82) is 5.26 Å². The van der Waals surface area contributed by atoms with Crippen molar-refractivity contribution in [3.05, 3.63) is 77.4 Å². The number of carbonyl (C=O) groups is 1. The van der Waals surface area contributed by atoms with Crippen molar-refractivity contribution in [3.63, 3.8) is 0 Å². The first-order chi connectivity index (χ1) is 17.4. The van der Waals surface area contributed by atoms with Crippen LogP contribution in [-0.4, -0.2) is 61.5 Å². The molecule has 36 heavy (non-hydrogen) atoms. The number of benzene rings is 3. The van der Waals surface area contributed by atoms with Crippen LogP contribution in [0.4, 0.5) is 5.69 Å². The van der Waals surface area contributed by atoms with Crippen LogP contribution in [0.25, 0.3) is 10.8 Å². The molecule has 2 atom stereocenters. The van der Waals surface area contributed by atoms with E-state index in [9.17, 15) is 18.8 Å². The molecule has 8 nitrogen and oxygen atoms in total. The summed E-state index contributed by atoms with van der Waals surface area (Å²) in [5.41, 5.74) is 3.23. The molecule has 1 aliphatic heterocycles. The van der Waals surface area contributed by atoms with E-state index in [1.165, 1.54) is 0 Å². The number of rotatable bonds is 6. The Bertz CT molecular complexity index is 1380. The van der Waals surface area contributed by atoms with Gasteiger partial charge in [-0.15, -0.1) is 0 Å². The molecule has 9 heteroatoms. The number of hydrogen-bond acceptors (Lipinski definition) is 6. The minimum atomic E-state index is -2.54. The minimum absolute atomic E-state index is 0.256. The lowest BCUT2D eigenvalue weighted by molar-refractivity contribution is -0.139. The van der Waals surface area contributed by atoms with Gasteiger partial charge in [-0.3, -0.25) is 9.00 Å². The third-order valence-electron chi connectivity index (χ3n) is 6.10. The second kappa shape index (κ2) is 11.3. The zero-order valence-electron chi connectivity index (χ0n) is 19.8. The summed E-state index contributed by atoms with van der Waals surface area (Å²) in [6.07, 6.45) is -0.256. The highest BCUT2D eigenvalue weighted by Gasteiger charge is 2.27. The number of nitriles is 1. The van der Waals surface area contributed by atoms with Gasteiger partial charge >= 0.3 is 5.97 Å². The number of hydrazine groups is 1. The molecule has 1 saturated heterocycles. The van der Waals surface area contributed by atoms with Crippen LogP contribution in [0.2, 0.25) is 0 Å². The third-order valence-corrected chi connectivity index (χ3v) is 7.00. The fraction of sp³-hybridized carbons (Fsp3) is 0.259. The van der Waals surface area contributed by atoms with Gasteiger partial charge < -0.3 is 14.6 Å². The molecule has 0 spiro atoms. The number of carboxylic acid groups (broad SMARTS) is 1. The lowest BCUT2D eigenvalue weighted by Crippen LogP contribution is -2.57. The Kier molecular flexibility index (Phi) is 7.99. The number of nitrogens with zero attached hydrogens (tertiary/aromatic N) is 4. The lowest BCUT2D eigenvalue weighted by atomic mass is 10.0. The van der Waals surface area contributed by atoms with E-state index >= 15 is 0 Å². The average molecular weight is 502 g/mol. The van der Waals surface area contributed by atoms with E-state index in [1.54, 1.807) is 18.0 Å². The second-order valence-corrected chi connectivity index (χ2v) is 9.37. The largest absolute Gasteiger partial charge is 0.759 e. The molecular weight excluding hydrogens is 476 g/mol. The van der Waals surface area contributed by atoms with E-state index in [1.807, 2.05) is 54.6 Å². The van der Waals surface area contributed by atoms with Gasteiger partial charge in [0.15, 0.2) is 0 Å². The van der Waals surface area contributed by atoms with Gasteiger partial charge in [0.05, 0.1) is 18.1 Å². The molecule has 3 aromatic carbocycles. The summed E-state index contributed by atoms with van der Waals surface area (Å²) in [6.45, 7) is 3.72. The van der Waals surface area contributed by atoms with Gasteiger partial charge in [0, 0.05) is 60.3 Å². The predicted molar refractivity (Wildman–Crippen MR) is 137 cm³/mol. The Morgan fingerprint density at radius 3 is 2.39 bits per heavy atom. The third kappa shape index (κ3) is 5.91. The summed E-state index contributed by atoms with van der Waals surface area (Å²) in [7, 11) is 0. The number of fused-ring (bicyclic) bond motifs is 1. The van der Waals surface area contributed by atoms with Crippen LogP contribution in [0.1, 0.15) is 30.0 Å². The number of anilines is 1. The number of hydrogen-bond donors (Lipinski definition) is 1. The first-order valence-electron chi connectivity index (χ1n) is 11.5. The number of aliphatic carboxylic acids is 1. The molecule has 0 bridgehead atoms. The van der Waals surface area contributed by atoms with Gasteiger partial charge in [-0.2, -0.15) is 9.68 Å². The van der Waals surface area contributed by atoms with E-state index < -0.39 is 23.3 Å². The first kappa shape index (κ1) is 25.4. The predicted octanol–water partition coefficient (Wildman–Crippen LogP) is 3.11. The summed E-state index contributed by atoms with van der Waals surface area (Å²) in [5.74, 6) is 5.28. The van der Waals surface area contributed by atoms with Crippen LogP contribution < -0.4 is 4.90 Å². The zero-order chi connectivity index (χ0) is 25.7. The van der Waals surface area contributed by atoms with Crippen LogP contribution >= 0.6 is 0 Å². The van der Waals surface area contributed by atoms with Gasteiger partial charge in [-0.1, -0.05) is 36.1 Å². The fourth-order valence-electron chi connectivity index (χ4n) is 4.38. The molecule has 1 aliphatic rings. The van der Waals surface area contributed by atoms with Crippen LogP contribution in [0, 0.1) is 23.2 Å². The summed E-state index contributed by atoms with van der Waals surface area (Å²) in [6, 6.07) is 21.0. The molecule has 184 valence electrons. The smallest absolute Gasteiger partial charge is 0.305 e. The highest BCUT2D eigenvalue weighted by molar-refractivity contribution is 7.76. The van der Waals surface area contributed by atoms with E-state index in [0.717, 1.165) is 32.0 Å². The second-order valence-electron chi connectivity index (χ2n) is 8.56. The molecular formula is C27H25N4O4S-. The summed E-state index contributed by atoms with van der Waals surface area (Å²) in [4.78, 5) is 13.2. The van der Waals surface area contributed by atoms with Gasteiger partial charge in [0.2, 0.25) is 0 Å². The standard InChI is InChI=1S/C27H26N4O4S/c1-20(16-27(32)33)31(36(34)35)30-14-12-29(13-15-30)25-10-8-21(9-11-25)6-7-22-17-23-4-2-3-5-26(23)24(18-22)19-28/h2-5,8-11,17-18,20H,12-16H2,1H3,(H,32,33)(H,34,35)/p-1. The SMILES string of the molecule is CC(CC(=O)O)N(N1CCN(c2ccc(C#Cc3cc(C#N)c4ccccc4c3)cc2)CC1)S(=O)[O-]. The summed E-state index contributed by atoms with van der Waals surface area (Å²) in [5, 5.41) is 22.1. The van der Waals surface area contributed by atoms with Gasteiger partial charge in [0.25, 0.3) is 0 Å². The van der Waals surface area contributed by atoms with Crippen molar-refractivity contribution in [2.75, 3.05) is 31.1 Å². The van der Waals surface area contributed by atoms with Crippen molar-refractivity contribution >= 4 is 33.7 Å². The molecule has 0 radical (unpaired) electrons. The molecule has 0 aliphatic carbocycles. The molecule has 0 aromatic heterocycles. The van der Waals surface area contributed by atoms with E-state index in [2.05, 4.69) is 22.8 Å². The van der Waals surface area contributed by atoms with E-state index in [-0.39, 0.29) is 6.42 Å². The lowest BCUT2D eigenvalue weighted by Gasteiger charge is -2.44. The maximum Gasteiger partial charge on any atom is 0.305 e. The molecule has 2 unspecified atom stereocenters. The molecule has 0 amide bonds. The Hall–Kier alpha value is -3.73. The van der Waals surface area contributed by atoms with Gasteiger partial charge in [-0.05, 0) is 54.1 Å². The maximum absolute atomic E-state index is 11.7. The Morgan fingerprint density at radius 1 is 1.08 bits per heavy atom. The fourth-order valence-corrected chi connectivity index (χ4v) is 5.10. The Labute approximate surface area is 212 Å². The molecule has 1 fully saturated rings. The van der Waals surface area contributed by atoms with Gasteiger partial charge in [0.1, 0.15) is 0 Å². The van der Waals surface area contributed by atoms with Crippen molar-refractivity contribution < 1.29 is 18.7 Å². The summed E-state index contributed by atoms with van der Waals surface area (Å²) < 4.78 is 24.6. The Balaban J connectivity index is 1.42. The van der Waals surface area contributed by atoms with Crippen LogP contribution in [-0.2, 0) is 16.1 Å². The molecule has 1 heterocycles. The topological polar surface area (TPSA) is 111 Å². The normalized spacial score (nSPS) is 15.7. The van der Waals surface area contributed by atoms with Crippen molar-refractivity contribution in [1.82, 2.24) is 9.42 Å². The molecule has 4 rings (SSSR count). The monoisotopic (exact) mass is 501 g/mol. The first-order valence-corrected chi connectivity index (χ1v) is 12.5. The van der Waals surface area contributed by atoms with Crippen LogP contribution in [0.3, 0.4) is 0 Å². The zero-order valence-corrected chi connectivity index (χ0v) is 20.6. The molecule has 3 aromatic rings. The maximum atomic E-state index is 11.7. The quantitative estimate of drug-likeness (QED) is 0.408. The van der Waals surface area contributed by atoms with Crippen LogP contribution in [0.5, 0.6) is 0 Å². The average Bonchev–Trinajstić information content (AvgIpc) is 2.87. The van der Waals surface area contributed by atoms with Crippen molar-refractivity contribution in [2.24, 2.45) is 0 Å². The van der Waals surface area contributed by atoms with Crippen LogP contribution in [0.15, 0.2) is 60.7 Å². The summed E-state index contributed by atoms with van der Waals surface area (Å²) >= 11 is -2.54. The molecule has 1 N–H and O–H groups in total. The molecule has 0 saturated carbocycles. The van der Waals surface area contributed by atoms with Crippen molar-refractivity contribution in [3.8, 4) is 17.9 Å². The Morgan fingerprint density at radius 2 is 1.75 bits per heavy atom. The van der Waals surface area contributed by atoms with Crippen molar-refractivity contribution in [2.45, 2.75) is 19.4 Å². The minimum Gasteiger partial charge on any atom is -0.759 e.